The molecule has 0 fully saturated rings. The van der Waals surface area contributed by atoms with E-state index in [0.29, 0.717) is 21.3 Å². The Labute approximate surface area is 71.6 Å². The van der Waals surface area contributed by atoms with Crippen LogP contribution < -0.4 is 0 Å². The molecule has 0 aliphatic heterocycles. The van der Waals surface area contributed by atoms with Crippen LogP contribution in [0.2, 0.25) is 10.3 Å². The van der Waals surface area contributed by atoms with E-state index in [1.165, 1.54) is 6.33 Å². The molecule has 0 aliphatic rings. The lowest BCUT2D eigenvalue weighted by Crippen LogP contribution is -1.79. The predicted molar refractivity (Wildman–Crippen MR) is 41.7 cm³/mol. The maximum atomic E-state index is 5.68. The molecule has 1 N–H and O–H groups in total. The third-order valence-corrected chi connectivity index (χ3v) is 1.79. The van der Waals surface area contributed by atoms with Crippen LogP contribution in [0, 0.1) is 0 Å². The highest BCUT2D eigenvalue weighted by Gasteiger charge is 2.07. The van der Waals surface area contributed by atoms with Gasteiger partial charge in [0.2, 0.25) is 0 Å². The van der Waals surface area contributed by atoms with Crippen molar-refractivity contribution in [1.82, 2.24) is 20.2 Å². The van der Waals surface area contributed by atoms with E-state index in [1.807, 2.05) is 0 Å². The standard InChI is InChI=1S/C5H2Cl2N4/c6-4-3-2(8-1-9-4)5(7)11-10-3/h1H,(H,10,11). The molecule has 56 valence electrons. The first kappa shape index (κ1) is 6.82. The molecule has 0 aromatic carbocycles. The summed E-state index contributed by atoms with van der Waals surface area (Å²) in [6, 6.07) is 0. The fraction of sp³-hybridized carbons (Fsp3) is 0. The van der Waals surface area contributed by atoms with Crippen LogP contribution in [0.3, 0.4) is 0 Å². The van der Waals surface area contributed by atoms with Crippen LogP contribution in [0.25, 0.3) is 11.0 Å². The summed E-state index contributed by atoms with van der Waals surface area (Å²) in [5, 5.41) is 7.03. The zero-order valence-corrected chi connectivity index (χ0v) is 6.69. The van der Waals surface area contributed by atoms with Gasteiger partial charge in [-0.3, -0.25) is 5.10 Å². The molecule has 0 spiro atoms. The number of hydrogen-bond acceptors (Lipinski definition) is 3. The maximum Gasteiger partial charge on any atom is 0.160 e. The number of hydrogen-bond donors (Lipinski definition) is 1. The van der Waals surface area contributed by atoms with Gasteiger partial charge in [-0.2, -0.15) is 5.10 Å². The van der Waals surface area contributed by atoms with Crippen LogP contribution in [0.4, 0.5) is 0 Å². The van der Waals surface area contributed by atoms with E-state index in [1.54, 1.807) is 0 Å². The predicted octanol–water partition coefficient (Wildman–Crippen LogP) is 1.66. The van der Waals surface area contributed by atoms with Crippen LogP contribution in [0.5, 0.6) is 0 Å². The van der Waals surface area contributed by atoms with Gasteiger partial charge in [-0.15, -0.1) is 0 Å². The lowest BCUT2D eigenvalue weighted by Gasteiger charge is -1.87. The molecule has 0 aliphatic carbocycles. The lowest BCUT2D eigenvalue weighted by molar-refractivity contribution is 1.11. The number of aromatic amines is 1. The second kappa shape index (κ2) is 2.32. The first-order chi connectivity index (χ1) is 5.29. The summed E-state index contributed by atoms with van der Waals surface area (Å²) >= 11 is 11.4. The molecule has 0 radical (unpaired) electrons. The fourth-order valence-electron chi connectivity index (χ4n) is 0.775. The summed E-state index contributed by atoms with van der Waals surface area (Å²) in [4.78, 5) is 7.61. The van der Waals surface area contributed by atoms with Gasteiger partial charge in [0.1, 0.15) is 17.4 Å². The second-order valence-electron chi connectivity index (χ2n) is 1.90. The van der Waals surface area contributed by atoms with Crippen LogP contribution >= 0.6 is 23.2 Å². The first-order valence-electron chi connectivity index (χ1n) is 2.79. The maximum absolute atomic E-state index is 5.68. The Bertz CT molecular complexity index is 396. The molecule has 2 rings (SSSR count). The van der Waals surface area contributed by atoms with Gasteiger partial charge in [-0.25, -0.2) is 9.97 Å². The smallest absolute Gasteiger partial charge is 0.160 e. The first-order valence-corrected chi connectivity index (χ1v) is 3.54. The molecule has 2 aromatic heterocycles. The molecule has 0 saturated heterocycles. The van der Waals surface area contributed by atoms with E-state index in [4.69, 9.17) is 23.2 Å². The van der Waals surface area contributed by atoms with Crippen LogP contribution in [0.15, 0.2) is 6.33 Å². The molecular weight excluding hydrogens is 187 g/mol. The molecule has 4 nitrogen and oxygen atoms in total. The number of halogens is 2. The van der Waals surface area contributed by atoms with Gasteiger partial charge < -0.3 is 0 Å². The summed E-state index contributed by atoms with van der Waals surface area (Å²) in [7, 11) is 0. The van der Waals surface area contributed by atoms with Crippen molar-refractivity contribution in [3.05, 3.63) is 16.6 Å². The minimum absolute atomic E-state index is 0.304. The van der Waals surface area contributed by atoms with Gasteiger partial charge >= 0.3 is 0 Å². The third kappa shape index (κ3) is 0.948. The number of fused-ring (bicyclic) bond motifs is 1. The van der Waals surface area contributed by atoms with E-state index in [-0.39, 0.29) is 0 Å². The average Bonchev–Trinajstić information content (AvgIpc) is 2.35. The van der Waals surface area contributed by atoms with Crippen LogP contribution in [-0.2, 0) is 0 Å². The van der Waals surface area contributed by atoms with Crippen molar-refractivity contribution < 1.29 is 0 Å². The van der Waals surface area contributed by atoms with Crippen molar-refractivity contribution in [2.45, 2.75) is 0 Å². The van der Waals surface area contributed by atoms with Gasteiger partial charge in [0, 0.05) is 0 Å². The molecule has 2 heterocycles. The van der Waals surface area contributed by atoms with Crippen molar-refractivity contribution in [2.24, 2.45) is 0 Å². The topological polar surface area (TPSA) is 54.5 Å². The summed E-state index contributed by atoms with van der Waals surface area (Å²) in [6.07, 6.45) is 1.34. The molecule has 2 aromatic rings. The molecule has 11 heavy (non-hydrogen) atoms. The fourth-order valence-corrected chi connectivity index (χ4v) is 1.13. The highest BCUT2D eigenvalue weighted by Crippen LogP contribution is 2.21. The van der Waals surface area contributed by atoms with Crippen molar-refractivity contribution in [3.8, 4) is 0 Å². The van der Waals surface area contributed by atoms with Crippen molar-refractivity contribution in [1.29, 1.82) is 0 Å². The minimum Gasteiger partial charge on any atom is -0.265 e. The van der Waals surface area contributed by atoms with Crippen molar-refractivity contribution in [3.63, 3.8) is 0 Å². The van der Waals surface area contributed by atoms with Gasteiger partial charge in [0.25, 0.3) is 0 Å². The monoisotopic (exact) mass is 188 g/mol. The minimum atomic E-state index is 0.304. The molecule has 6 heteroatoms. The highest BCUT2D eigenvalue weighted by molar-refractivity contribution is 6.37. The molecular formula is C5H2Cl2N4. The number of H-pyrrole nitrogens is 1. The highest BCUT2D eigenvalue weighted by atomic mass is 35.5. The van der Waals surface area contributed by atoms with Gasteiger partial charge in [0.15, 0.2) is 10.3 Å². The van der Waals surface area contributed by atoms with E-state index in [9.17, 15) is 0 Å². The quantitative estimate of drug-likeness (QED) is 0.641. The SMILES string of the molecule is Clc1ncnc2c(Cl)[nH]nc12. The zero-order valence-electron chi connectivity index (χ0n) is 5.17. The molecule has 0 amide bonds. The number of aromatic nitrogens is 4. The number of nitrogens with one attached hydrogen (secondary N) is 1. The Kier molecular flexibility index (Phi) is 1.44. The Balaban J connectivity index is 2.94. The second-order valence-corrected chi connectivity index (χ2v) is 2.64. The van der Waals surface area contributed by atoms with Crippen molar-refractivity contribution in [2.75, 3.05) is 0 Å². The molecule has 0 saturated carbocycles. The summed E-state index contributed by atoms with van der Waals surface area (Å²) in [6.45, 7) is 0. The molecule has 0 unspecified atom stereocenters. The van der Waals surface area contributed by atoms with E-state index in [2.05, 4.69) is 20.2 Å². The number of nitrogens with zero attached hydrogens (tertiary/aromatic N) is 3. The van der Waals surface area contributed by atoms with E-state index in [0.717, 1.165) is 0 Å². The third-order valence-electron chi connectivity index (χ3n) is 1.25. The molecule has 0 bridgehead atoms. The van der Waals surface area contributed by atoms with E-state index >= 15 is 0 Å². The van der Waals surface area contributed by atoms with Gasteiger partial charge in [-0.1, -0.05) is 23.2 Å². The summed E-state index contributed by atoms with van der Waals surface area (Å²) < 4.78 is 0. The Morgan fingerprint density at radius 3 is 2.73 bits per heavy atom. The van der Waals surface area contributed by atoms with Gasteiger partial charge in [0.05, 0.1) is 0 Å². The van der Waals surface area contributed by atoms with Crippen LogP contribution in [-0.4, -0.2) is 20.2 Å². The van der Waals surface area contributed by atoms with E-state index < -0.39 is 0 Å². The summed E-state index contributed by atoms with van der Waals surface area (Å²) in [5.41, 5.74) is 1.05. The van der Waals surface area contributed by atoms with Gasteiger partial charge in [-0.05, 0) is 0 Å². The summed E-state index contributed by atoms with van der Waals surface area (Å²) in [5.74, 6) is 0. The van der Waals surface area contributed by atoms with Crippen molar-refractivity contribution >= 4 is 34.2 Å². The Morgan fingerprint density at radius 1 is 1.18 bits per heavy atom. The Morgan fingerprint density at radius 2 is 2.00 bits per heavy atom. The Hall–Kier alpha value is -0.870. The number of rotatable bonds is 0. The normalized spacial score (nSPS) is 10.7. The zero-order chi connectivity index (χ0) is 7.84. The van der Waals surface area contributed by atoms with Crippen LogP contribution in [0.1, 0.15) is 0 Å². The molecule has 0 atom stereocenters. The average molecular weight is 189 g/mol. The largest absolute Gasteiger partial charge is 0.265 e. The lowest BCUT2D eigenvalue weighted by atomic mass is 10.5.